The molecule has 1 saturated heterocycles. The molecule has 3 rings (SSSR count). The second-order valence-corrected chi connectivity index (χ2v) is 6.69. The van der Waals surface area contributed by atoms with E-state index in [1.807, 2.05) is 19.1 Å². The summed E-state index contributed by atoms with van der Waals surface area (Å²) >= 11 is 0. The van der Waals surface area contributed by atoms with E-state index in [0.29, 0.717) is 17.8 Å². The molecule has 2 aromatic rings. The molecule has 0 spiro atoms. The summed E-state index contributed by atoms with van der Waals surface area (Å²) in [5.41, 5.74) is 2.43. The van der Waals surface area contributed by atoms with Gasteiger partial charge in [0.1, 0.15) is 5.82 Å². The van der Waals surface area contributed by atoms with Crippen LogP contribution in [0.15, 0.2) is 33.9 Å². The van der Waals surface area contributed by atoms with E-state index in [9.17, 15) is 9.59 Å². The Morgan fingerprint density at radius 2 is 1.62 bits per heavy atom. The Kier molecular flexibility index (Phi) is 4.88. The fourth-order valence-corrected chi connectivity index (χ4v) is 3.29. The fraction of sp³-hybridized carbons (Fsp3) is 0.474. The van der Waals surface area contributed by atoms with Gasteiger partial charge in [0.05, 0.1) is 5.56 Å². The molecule has 0 amide bonds. The molecule has 1 aliphatic rings. The van der Waals surface area contributed by atoms with Crippen LogP contribution in [0.25, 0.3) is 0 Å². The van der Waals surface area contributed by atoms with Crippen LogP contribution >= 0.6 is 0 Å². The molecule has 1 aromatic carbocycles. The van der Waals surface area contributed by atoms with Crippen LogP contribution in [0.4, 0.5) is 5.82 Å². The number of benzene rings is 1. The molecule has 5 heteroatoms. The van der Waals surface area contributed by atoms with E-state index in [-0.39, 0.29) is 11.2 Å². The number of hydrogen-bond donors (Lipinski definition) is 1. The highest BCUT2D eigenvalue weighted by molar-refractivity contribution is 5.48. The Morgan fingerprint density at radius 3 is 2.25 bits per heavy atom. The molecule has 5 nitrogen and oxygen atoms in total. The molecule has 1 N–H and O–H groups in total. The number of aryl methyl sites for hydroxylation is 1. The summed E-state index contributed by atoms with van der Waals surface area (Å²) in [6.45, 7) is 3.83. The molecule has 0 bridgehead atoms. The van der Waals surface area contributed by atoms with E-state index < -0.39 is 0 Å². The summed E-state index contributed by atoms with van der Waals surface area (Å²) < 4.78 is 1.17. The van der Waals surface area contributed by atoms with Crippen LogP contribution in [0.5, 0.6) is 0 Å². The van der Waals surface area contributed by atoms with E-state index in [0.717, 1.165) is 31.5 Å². The molecule has 0 saturated carbocycles. The van der Waals surface area contributed by atoms with Crippen LogP contribution in [0, 0.1) is 6.92 Å². The Labute approximate surface area is 141 Å². The Morgan fingerprint density at radius 1 is 1.00 bits per heavy atom. The predicted octanol–water partition coefficient (Wildman–Crippen LogP) is 2.35. The molecule has 0 atom stereocenters. The minimum absolute atomic E-state index is 0.196. The lowest BCUT2D eigenvalue weighted by Crippen LogP contribution is -2.39. The lowest BCUT2D eigenvalue weighted by Gasteiger charge is -2.24. The van der Waals surface area contributed by atoms with Gasteiger partial charge in [-0.15, -0.1) is 0 Å². The van der Waals surface area contributed by atoms with Gasteiger partial charge in [0.25, 0.3) is 5.56 Å². The number of aromatic nitrogens is 2. The summed E-state index contributed by atoms with van der Waals surface area (Å²) in [6.07, 6.45) is 5.15. The van der Waals surface area contributed by atoms with Crippen molar-refractivity contribution < 1.29 is 0 Å². The van der Waals surface area contributed by atoms with Gasteiger partial charge < -0.3 is 4.90 Å². The zero-order valence-corrected chi connectivity index (χ0v) is 14.5. The first kappa shape index (κ1) is 16.6. The quantitative estimate of drug-likeness (QED) is 0.941. The van der Waals surface area contributed by atoms with Crippen molar-refractivity contribution in [2.75, 3.05) is 18.0 Å². The van der Waals surface area contributed by atoms with Gasteiger partial charge in [-0.1, -0.05) is 42.7 Å². The second-order valence-electron chi connectivity index (χ2n) is 6.69. The Balaban J connectivity index is 2.05. The molecule has 128 valence electrons. The molecule has 1 fully saturated rings. The lowest BCUT2D eigenvalue weighted by molar-refractivity contribution is 0.718. The molecular formula is C19H25N3O2. The van der Waals surface area contributed by atoms with Crippen molar-refractivity contribution in [3.05, 3.63) is 61.8 Å². The summed E-state index contributed by atoms with van der Waals surface area (Å²) in [6, 6.07) is 8.20. The number of H-pyrrole nitrogens is 1. The molecule has 0 radical (unpaired) electrons. The normalized spacial score (nSPS) is 15.3. The van der Waals surface area contributed by atoms with Crippen LogP contribution in [0.2, 0.25) is 0 Å². The third kappa shape index (κ3) is 3.45. The largest absolute Gasteiger partial charge is 0.358 e. The molecular weight excluding hydrogens is 302 g/mol. The van der Waals surface area contributed by atoms with Crippen molar-refractivity contribution in [3.8, 4) is 0 Å². The first-order valence-corrected chi connectivity index (χ1v) is 8.69. The minimum atomic E-state index is -0.341. The van der Waals surface area contributed by atoms with Crippen molar-refractivity contribution in [3.63, 3.8) is 0 Å². The van der Waals surface area contributed by atoms with Crippen molar-refractivity contribution in [2.24, 2.45) is 7.05 Å². The summed E-state index contributed by atoms with van der Waals surface area (Å²) in [5, 5.41) is 0. The summed E-state index contributed by atoms with van der Waals surface area (Å²) in [4.78, 5) is 30.0. The van der Waals surface area contributed by atoms with Gasteiger partial charge in [-0.25, -0.2) is 4.79 Å². The zero-order valence-electron chi connectivity index (χ0n) is 14.5. The monoisotopic (exact) mass is 327 g/mol. The topological polar surface area (TPSA) is 58.1 Å². The number of nitrogens with zero attached hydrogens (tertiary/aromatic N) is 2. The van der Waals surface area contributed by atoms with Crippen LogP contribution in [0.1, 0.15) is 42.4 Å². The molecule has 1 aliphatic heterocycles. The van der Waals surface area contributed by atoms with E-state index in [4.69, 9.17) is 0 Å². The SMILES string of the molecule is Cc1ccc(Cc2c(N3CCCCCC3)[nH]c(=O)n(C)c2=O)cc1. The number of hydrogen-bond acceptors (Lipinski definition) is 3. The first-order chi connectivity index (χ1) is 11.6. The fourth-order valence-electron chi connectivity index (χ4n) is 3.29. The lowest BCUT2D eigenvalue weighted by atomic mass is 10.0. The van der Waals surface area contributed by atoms with E-state index in [1.165, 1.54) is 30.0 Å². The molecule has 2 heterocycles. The van der Waals surface area contributed by atoms with Crippen LogP contribution in [-0.2, 0) is 13.5 Å². The second kappa shape index (κ2) is 7.07. The van der Waals surface area contributed by atoms with Gasteiger partial charge in [0.15, 0.2) is 0 Å². The standard InChI is InChI=1S/C19H25N3O2/c1-14-7-9-15(10-8-14)13-16-17(20-19(24)21(2)18(16)23)22-11-5-3-4-6-12-22/h7-10H,3-6,11-13H2,1-2H3,(H,20,24). The number of aromatic amines is 1. The first-order valence-electron chi connectivity index (χ1n) is 8.69. The average molecular weight is 327 g/mol. The van der Waals surface area contributed by atoms with Crippen LogP contribution in [0.3, 0.4) is 0 Å². The van der Waals surface area contributed by atoms with Crippen molar-refractivity contribution >= 4 is 5.82 Å². The molecule has 0 aliphatic carbocycles. The summed E-state index contributed by atoms with van der Waals surface area (Å²) in [5.74, 6) is 0.713. The van der Waals surface area contributed by atoms with Crippen LogP contribution in [-0.4, -0.2) is 22.6 Å². The van der Waals surface area contributed by atoms with Gasteiger partial charge in [-0.3, -0.25) is 14.3 Å². The van der Waals surface area contributed by atoms with Crippen LogP contribution < -0.4 is 16.1 Å². The van der Waals surface area contributed by atoms with Crippen molar-refractivity contribution in [1.82, 2.24) is 9.55 Å². The summed E-state index contributed by atoms with van der Waals surface area (Å²) in [7, 11) is 1.53. The minimum Gasteiger partial charge on any atom is -0.358 e. The predicted molar refractivity (Wildman–Crippen MR) is 97.0 cm³/mol. The maximum atomic E-state index is 12.7. The Hall–Kier alpha value is -2.30. The van der Waals surface area contributed by atoms with E-state index in [2.05, 4.69) is 22.0 Å². The van der Waals surface area contributed by atoms with Crippen molar-refractivity contribution in [1.29, 1.82) is 0 Å². The smallest absolute Gasteiger partial charge is 0.329 e. The molecule has 0 unspecified atom stereocenters. The van der Waals surface area contributed by atoms with E-state index >= 15 is 0 Å². The average Bonchev–Trinajstić information content (AvgIpc) is 2.86. The maximum Gasteiger partial charge on any atom is 0.329 e. The number of rotatable bonds is 3. The third-order valence-corrected chi connectivity index (χ3v) is 4.80. The van der Waals surface area contributed by atoms with Gasteiger partial charge in [-0.2, -0.15) is 0 Å². The molecule has 1 aromatic heterocycles. The highest BCUT2D eigenvalue weighted by atomic mass is 16.2. The molecule has 24 heavy (non-hydrogen) atoms. The number of nitrogens with one attached hydrogen (secondary N) is 1. The highest BCUT2D eigenvalue weighted by Gasteiger charge is 2.19. The van der Waals surface area contributed by atoms with Gasteiger partial charge >= 0.3 is 5.69 Å². The van der Waals surface area contributed by atoms with Gasteiger partial charge in [0.2, 0.25) is 0 Å². The van der Waals surface area contributed by atoms with E-state index in [1.54, 1.807) is 0 Å². The van der Waals surface area contributed by atoms with Gasteiger partial charge in [0, 0.05) is 26.6 Å². The maximum absolute atomic E-state index is 12.7. The highest BCUT2D eigenvalue weighted by Crippen LogP contribution is 2.21. The number of anilines is 1. The Bertz CT molecular complexity index is 810. The third-order valence-electron chi connectivity index (χ3n) is 4.80. The van der Waals surface area contributed by atoms with Crippen molar-refractivity contribution in [2.45, 2.75) is 39.0 Å². The van der Waals surface area contributed by atoms with Gasteiger partial charge in [-0.05, 0) is 25.3 Å². The zero-order chi connectivity index (χ0) is 17.1.